The van der Waals surface area contributed by atoms with Crippen molar-refractivity contribution in [2.45, 2.75) is 51.9 Å². The van der Waals surface area contributed by atoms with E-state index < -0.39 is 17.9 Å². The van der Waals surface area contributed by atoms with Crippen molar-refractivity contribution < 1.29 is 24.8 Å². The summed E-state index contributed by atoms with van der Waals surface area (Å²) in [5.41, 5.74) is 0. The van der Waals surface area contributed by atoms with Crippen LogP contribution in [0.2, 0.25) is 0 Å². The summed E-state index contributed by atoms with van der Waals surface area (Å²) in [4.78, 5) is 25.0. The van der Waals surface area contributed by atoms with E-state index in [2.05, 4.69) is 11.8 Å². The first-order valence-corrected chi connectivity index (χ1v) is 5.71. The predicted molar refractivity (Wildman–Crippen MR) is 57.8 cm³/mol. The van der Waals surface area contributed by atoms with Crippen molar-refractivity contribution in [3.8, 4) is 0 Å². The minimum atomic E-state index is -1.24. The van der Waals surface area contributed by atoms with Crippen LogP contribution in [0.3, 0.4) is 0 Å². The van der Waals surface area contributed by atoms with Gasteiger partial charge in [0, 0.05) is 0 Å². The van der Waals surface area contributed by atoms with Crippen molar-refractivity contribution in [2.24, 2.45) is 5.92 Å². The van der Waals surface area contributed by atoms with E-state index in [0.717, 1.165) is 25.7 Å². The van der Waals surface area contributed by atoms with Crippen LogP contribution in [-0.2, 0) is 14.5 Å². The molecule has 1 unspecified atom stereocenters. The standard InChI is InChI=1S/C11H20O5/c1-2-3-4-5-6-7-8-9(10(12)13)11(14)16-15/h9,15H,2-8H2,1H3,(H,12,13). The smallest absolute Gasteiger partial charge is 0.356 e. The maximum Gasteiger partial charge on any atom is 0.356 e. The topological polar surface area (TPSA) is 83.8 Å². The number of unbranched alkanes of at least 4 members (excludes halogenated alkanes) is 5. The number of aliphatic carboxylic acids is 1. The summed E-state index contributed by atoms with van der Waals surface area (Å²) in [6, 6.07) is 0. The Kier molecular flexibility index (Phi) is 8.52. The van der Waals surface area contributed by atoms with E-state index in [0.29, 0.717) is 6.42 Å². The highest BCUT2D eigenvalue weighted by Crippen LogP contribution is 2.13. The van der Waals surface area contributed by atoms with Gasteiger partial charge in [0.05, 0.1) is 0 Å². The molecule has 0 rings (SSSR count). The van der Waals surface area contributed by atoms with Crippen LogP contribution in [0.4, 0.5) is 0 Å². The van der Waals surface area contributed by atoms with Crippen molar-refractivity contribution >= 4 is 11.9 Å². The number of carbonyl (C=O) groups is 2. The third-order valence-corrected chi connectivity index (χ3v) is 2.52. The molecule has 0 aromatic heterocycles. The zero-order valence-electron chi connectivity index (χ0n) is 9.65. The van der Waals surface area contributed by atoms with Gasteiger partial charge in [0.25, 0.3) is 0 Å². The van der Waals surface area contributed by atoms with Crippen molar-refractivity contribution in [1.29, 1.82) is 0 Å². The molecule has 0 bridgehead atoms. The Hall–Kier alpha value is -1.10. The molecule has 0 heterocycles. The highest BCUT2D eigenvalue weighted by molar-refractivity contribution is 5.93. The second-order valence-corrected chi connectivity index (χ2v) is 3.86. The first-order chi connectivity index (χ1) is 7.63. The zero-order chi connectivity index (χ0) is 12.4. The monoisotopic (exact) mass is 232 g/mol. The van der Waals surface area contributed by atoms with Gasteiger partial charge in [-0.3, -0.25) is 4.79 Å². The molecule has 1 atom stereocenters. The van der Waals surface area contributed by atoms with Gasteiger partial charge in [-0.2, -0.15) is 5.26 Å². The Labute approximate surface area is 95.3 Å². The van der Waals surface area contributed by atoms with E-state index in [9.17, 15) is 9.59 Å². The Morgan fingerprint density at radius 2 is 1.69 bits per heavy atom. The van der Waals surface area contributed by atoms with Gasteiger partial charge in [0.1, 0.15) is 0 Å². The molecular formula is C11H20O5. The average Bonchev–Trinajstić information content (AvgIpc) is 2.26. The zero-order valence-corrected chi connectivity index (χ0v) is 9.65. The fraction of sp³-hybridized carbons (Fsp3) is 0.818. The lowest BCUT2D eigenvalue weighted by atomic mass is 10.0. The molecular weight excluding hydrogens is 212 g/mol. The number of rotatable bonds is 9. The van der Waals surface area contributed by atoms with E-state index in [1.165, 1.54) is 6.42 Å². The van der Waals surface area contributed by atoms with E-state index in [4.69, 9.17) is 10.4 Å². The van der Waals surface area contributed by atoms with Crippen molar-refractivity contribution in [3.63, 3.8) is 0 Å². The second kappa shape index (κ2) is 9.15. The number of carboxylic acid groups (broad SMARTS) is 1. The minimum absolute atomic E-state index is 0.223. The van der Waals surface area contributed by atoms with Crippen molar-refractivity contribution in [2.75, 3.05) is 0 Å². The molecule has 0 radical (unpaired) electrons. The molecule has 0 aliphatic rings. The van der Waals surface area contributed by atoms with Gasteiger partial charge >= 0.3 is 11.9 Å². The van der Waals surface area contributed by atoms with E-state index in [-0.39, 0.29) is 6.42 Å². The Morgan fingerprint density at radius 3 is 2.19 bits per heavy atom. The molecule has 0 saturated heterocycles. The van der Waals surface area contributed by atoms with Crippen LogP contribution in [-0.4, -0.2) is 22.3 Å². The summed E-state index contributed by atoms with van der Waals surface area (Å²) in [5.74, 6) is -3.56. The number of hydrogen-bond donors (Lipinski definition) is 2. The normalized spacial score (nSPS) is 12.1. The fourth-order valence-corrected chi connectivity index (χ4v) is 1.53. The molecule has 16 heavy (non-hydrogen) atoms. The molecule has 0 saturated carbocycles. The Morgan fingerprint density at radius 1 is 1.12 bits per heavy atom. The molecule has 0 spiro atoms. The molecule has 0 amide bonds. The summed E-state index contributed by atoms with van der Waals surface area (Å²) in [7, 11) is 0. The minimum Gasteiger partial charge on any atom is -0.481 e. The van der Waals surface area contributed by atoms with Gasteiger partial charge in [-0.15, -0.1) is 0 Å². The Balaban J connectivity index is 3.69. The quantitative estimate of drug-likeness (QED) is 0.276. The molecule has 94 valence electrons. The largest absolute Gasteiger partial charge is 0.481 e. The maximum atomic E-state index is 10.9. The maximum absolute atomic E-state index is 10.9. The fourth-order valence-electron chi connectivity index (χ4n) is 1.53. The molecule has 0 aromatic rings. The first kappa shape index (κ1) is 14.9. The first-order valence-electron chi connectivity index (χ1n) is 5.71. The van der Waals surface area contributed by atoms with E-state index >= 15 is 0 Å². The van der Waals surface area contributed by atoms with Crippen molar-refractivity contribution in [3.05, 3.63) is 0 Å². The van der Waals surface area contributed by atoms with E-state index in [1.54, 1.807) is 0 Å². The molecule has 0 aromatic carbocycles. The van der Waals surface area contributed by atoms with Crippen LogP contribution >= 0.6 is 0 Å². The lowest BCUT2D eigenvalue weighted by Crippen LogP contribution is -2.25. The number of carbonyl (C=O) groups excluding carboxylic acids is 1. The molecule has 0 aliphatic carbocycles. The molecule has 0 aliphatic heterocycles. The van der Waals surface area contributed by atoms with Gasteiger partial charge in [-0.1, -0.05) is 45.4 Å². The Bertz CT molecular complexity index is 214. The van der Waals surface area contributed by atoms with Gasteiger partial charge in [-0.25, -0.2) is 4.79 Å². The predicted octanol–water partition coefficient (Wildman–Crippen LogP) is 2.45. The van der Waals surface area contributed by atoms with Crippen LogP contribution in [0.15, 0.2) is 0 Å². The van der Waals surface area contributed by atoms with Gasteiger partial charge in [-0.05, 0) is 6.42 Å². The van der Waals surface area contributed by atoms with Crippen LogP contribution in [0, 0.1) is 5.92 Å². The average molecular weight is 232 g/mol. The molecule has 0 fully saturated rings. The summed E-state index contributed by atoms with van der Waals surface area (Å²) in [5, 5.41) is 16.8. The third kappa shape index (κ3) is 6.40. The summed E-state index contributed by atoms with van der Waals surface area (Å²) in [6.07, 6.45) is 6.32. The molecule has 2 N–H and O–H groups in total. The summed E-state index contributed by atoms with van der Waals surface area (Å²) in [6.45, 7) is 2.12. The number of hydrogen-bond acceptors (Lipinski definition) is 4. The van der Waals surface area contributed by atoms with Gasteiger partial charge in [0.15, 0.2) is 5.92 Å². The molecule has 5 heteroatoms. The highest BCUT2D eigenvalue weighted by Gasteiger charge is 2.27. The summed E-state index contributed by atoms with van der Waals surface area (Å²) < 4.78 is 0. The van der Waals surface area contributed by atoms with Crippen molar-refractivity contribution in [1.82, 2.24) is 0 Å². The second-order valence-electron chi connectivity index (χ2n) is 3.86. The van der Waals surface area contributed by atoms with Crippen LogP contribution in [0.25, 0.3) is 0 Å². The SMILES string of the molecule is CCCCCCCCC(C(=O)O)C(=O)OO. The number of carboxylic acids is 1. The van der Waals surface area contributed by atoms with Crippen LogP contribution in [0.1, 0.15) is 51.9 Å². The molecule has 5 nitrogen and oxygen atoms in total. The van der Waals surface area contributed by atoms with Crippen LogP contribution in [0.5, 0.6) is 0 Å². The van der Waals surface area contributed by atoms with Crippen LogP contribution < -0.4 is 0 Å². The lowest BCUT2D eigenvalue weighted by Gasteiger charge is -2.07. The van der Waals surface area contributed by atoms with E-state index in [1.807, 2.05) is 0 Å². The van der Waals surface area contributed by atoms with Gasteiger partial charge in [0.2, 0.25) is 0 Å². The lowest BCUT2D eigenvalue weighted by molar-refractivity contribution is -0.239. The van der Waals surface area contributed by atoms with Gasteiger partial charge < -0.3 is 9.99 Å². The highest BCUT2D eigenvalue weighted by atomic mass is 17.1. The third-order valence-electron chi connectivity index (χ3n) is 2.52. The summed E-state index contributed by atoms with van der Waals surface area (Å²) >= 11 is 0.